The summed E-state index contributed by atoms with van der Waals surface area (Å²) in [6.45, 7) is 2.69. The van der Waals surface area contributed by atoms with E-state index < -0.39 is 13.2 Å². The molecule has 0 spiro atoms. The highest BCUT2D eigenvalue weighted by atomic mass is 35.5. The Morgan fingerprint density at radius 2 is 1.75 bits per heavy atom. The van der Waals surface area contributed by atoms with Gasteiger partial charge in [-0.1, -0.05) is 35.9 Å². The van der Waals surface area contributed by atoms with Crippen LogP contribution in [0.1, 0.15) is 58.4 Å². The number of aryl methyl sites for hydroxylation is 1. The molecule has 1 aliphatic rings. The molecule has 0 radical (unpaired) electrons. The zero-order valence-corrected chi connectivity index (χ0v) is 25.1. The topological polar surface area (TPSA) is 151 Å². The Labute approximate surface area is 260 Å². The minimum absolute atomic E-state index is 0.0597. The monoisotopic (exact) mass is 614 g/mol. The minimum Gasteiger partial charge on any atom is -0.497 e. The van der Waals surface area contributed by atoms with Crippen LogP contribution >= 0.6 is 11.6 Å². The molecule has 1 aromatic heterocycles. The third kappa shape index (κ3) is 6.99. The number of carbonyl (C=O) groups excluding carboxylic acids is 2. The molecule has 4 N–H and O–H groups in total. The quantitative estimate of drug-likeness (QED) is 0.150. The molecular formula is C31H32BClN6O5. The molecule has 11 nitrogen and oxygen atoms in total. The molecule has 1 aliphatic heterocycles. The summed E-state index contributed by atoms with van der Waals surface area (Å²) in [5, 5.41) is 33.7. The number of aromatic nitrogens is 3. The third-order valence-corrected chi connectivity index (χ3v) is 7.54. The van der Waals surface area contributed by atoms with Crippen molar-refractivity contribution in [3.63, 3.8) is 0 Å². The Balaban J connectivity index is 1.25. The fourth-order valence-corrected chi connectivity index (χ4v) is 5.17. The van der Waals surface area contributed by atoms with E-state index in [1.54, 1.807) is 31.4 Å². The number of unbranched alkanes of at least 4 members (excludes halogenated alkanes) is 1. The van der Waals surface area contributed by atoms with E-state index in [1.807, 2.05) is 41.8 Å². The molecule has 0 saturated carbocycles. The predicted molar refractivity (Wildman–Crippen MR) is 168 cm³/mol. The van der Waals surface area contributed by atoms with Gasteiger partial charge in [-0.2, -0.15) is 0 Å². The second-order valence-electron chi connectivity index (χ2n) is 10.3. The second kappa shape index (κ2) is 13.9. The van der Waals surface area contributed by atoms with Crippen LogP contribution in [0.5, 0.6) is 5.75 Å². The van der Waals surface area contributed by atoms with Crippen LogP contribution in [0.2, 0.25) is 5.02 Å². The first-order valence-electron chi connectivity index (χ1n) is 14.2. The lowest BCUT2D eigenvalue weighted by Crippen LogP contribution is -2.32. The number of halogens is 1. The summed E-state index contributed by atoms with van der Waals surface area (Å²) in [7, 11) is -0.0323. The van der Waals surface area contributed by atoms with E-state index in [0.29, 0.717) is 59.6 Å². The van der Waals surface area contributed by atoms with Crippen LogP contribution in [0.3, 0.4) is 0 Å². The van der Waals surface area contributed by atoms with Crippen molar-refractivity contribution in [2.75, 3.05) is 20.2 Å². The Hall–Kier alpha value is -4.52. The number of ether oxygens (including phenoxy) is 1. The number of hydrogen-bond donors (Lipinski definition) is 4. The Morgan fingerprint density at radius 1 is 1.00 bits per heavy atom. The fraction of sp³-hybridized carbons (Fsp3) is 0.258. The Kier molecular flexibility index (Phi) is 9.74. The minimum atomic E-state index is -1.64. The standard InChI is InChI=1S/C31H32BClN6O5/c1-19-37-38-30-26(18-28(40)34-14-3-4-15-35-31(41)21-6-5-7-22(16-21)32(42)43)36-29(20-8-10-23(33)11-9-20)25-17-24(44-2)12-13-27(25)39(19)30/h5-13,16-17,26,42-43H,3-4,14-15,18H2,1-2H3,(H,34,40)(H,35,41). The van der Waals surface area contributed by atoms with E-state index in [9.17, 15) is 19.6 Å². The smallest absolute Gasteiger partial charge is 0.488 e. The summed E-state index contributed by atoms with van der Waals surface area (Å²) in [6, 6.07) is 18.7. The van der Waals surface area contributed by atoms with Crippen LogP contribution in [0.25, 0.3) is 5.69 Å². The van der Waals surface area contributed by atoms with Crippen molar-refractivity contribution in [1.29, 1.82) is 0 Å². The number of carbonyl (C=O) groups is 2. The maximum atomic E-state index is 13.1. The average Bonchev–Trinajstić information content (AvgIpc) is 3.35. The molecule has 44 heavy (non-hydrogen) atoms. The average molecular weight is 615 g/mol. The van der Waals surface area contributed by atoms with Gasteiger partial charge in [0.25, 0.3) is 5.91 Å². The van der Waals surface area contributed by atoms with Crippen LogP contribution in [0, 0.1) is 6.92 Å². The molecule has 5 rings (SSSR count). The van der Waals surface area contributed by atoms with Crippen molar-refractivity contribution in [2.24, 2.45) is 4.99 Å². The molecule has 3 aromatic carbocycles. The third-order valence-electron chi connectivity index (χ3n) is 7.29. The van der Waals surface area contributed by atoms with Gasteiger partial charge in [0.2, 0.25) is 5.91 Å². The molecule has 1 unspecified atom stereocenters. The van der Waals surface area contributed by atoms with Crippen molar-refractivity contribution < 1.29 is 24.4 Å². The number of amides is 2. The first-order chi connectivity index (χ1) is 21.2. The van der Waals surface area contributed by atoms with E-state index in [2.05, 4.69) is 20.8 Å². The summed E-state index contributed by atoms with van der Waals surface area (Å²) in [4.78, 5) is 30.6. The highest BCUT2D eigenvalue weighted by Gasteiger charge is 2.30. The van der Waals surface area contributed by atoms with Crippen LogP contribution in [0.4, 0.5) is 0 Å². The second-order valence-corrected chi connectivity index (χ2v) is 10.8. The highest BCUT2D eigenvalue weighted by molar-refractivity contribution is 6.58. The molecule has 0 aliphatic carbocycles. The van der Waals surface area contributed by atoms with Gasteiger partial charge in [0.15, 0.2) is 5.82 Å². The van der Waals surface area contributed by atoms with Gasteiger partial charge in [0, 0.05) is 34.8 Å². The normalized spacial score (nSPS) is 13.7. The lowest BCUT2D eigenvalue weighted by atomic mass is 9.79. The highest BCUT2D eigenvalue weighted by Crippen LogP contribution is 2.34. The molecule has 13 heteroatoms. The maximum absolute atomic E-state index is 13.1. The number of nitrogens with one attached hydrogen (secondary N) is 2. The zero-order valence-electron chi connectivity index (χ0n) is 24.3. The van der Waals surface area contributed by atoms with Gasteiger partial charge in [-0.25, -0.2) is 0 Å². The molecule has 0 saturated heterocycles. The maximum Gasteiger partial charge on any atom is 0.488 e. The lowest BCUT2D eigenvalue weighted by Gasteiger charge is -2.14. The van der Waals surface area contributed by atoms with Gasteiger partial charge in [0.1, 0.15) is 17.6 Å². The first-order valence-corrected chi connectivity index (χ1v) is 14.6. The van der Waals surface area contributed by atoms with Crippen molar-refractivity contribution in [3.05, 3.63) is 100 Å². The summed E-state index contributed by atoms with van der Waals surface area (Å²) in [5.74, 6) is 1.41. The molecule has 4 aromatic rings. The number of rotatable bonds is 11. The van der Waals surface area contributed by atoms with Crippen LogP contribution in [-0.2, 0) is 4.79 Å². The number of aliphatic imine (C=N–C) groups is 1. The van der Waals surface area contributed by atoms with Gasteiger partial charge in [-0.3, -0.25) is 19.1 Å². The van der Waals surface area contributed by atoms with Gasteiger partial charge in [-0.05, 0) is 67.7 Å². The van der Waals surface area contributed by atoms with Gasteiger partial charge in [0.05, 0.1) is 24.9 Å². The number of hydrogen-bond acceptors (Lipinski definition) is 8. The zero-order chi connectivity index (χ0) is 31.2. The van der Waals surface area contributed by atoms with E-state index in [0.717, 1.165) is 16.8 Å². The van der Waals surface area contributed by atoms with Crippen molar-refractivity contribution in [3.8, 4) is 11.4 Å². The largest absolute Gasteiger partial charge is 0.497 e. The van der Waals surface area contributed by atoms with Crippen molar-refractivity contribution in [1.82, 2.24) is 25.4 Å². The van der Waals surface area contributed by atoms with Crippen molar-refractivity contribution in [2.45, 2.75) is 32.2 Å². The molecule has 226 valence electrons. The summed E-state index contributed by atoms with van der Waals surface area (Å²) in [5.41, 5.74) is 3.77. The number of nitrogens with zero attached hydrogens (tertiary/aromatic N) is 4. The summed E-state index contributed by atoms with van der Waals surface area (Å²) in [6.07, 6.45) is 1.34. The van der Waals surface area contributed by atoms with E-state index in [-0.39, 0.29) is 23.7 Å². The van der Waals surface area contributed by atoms with Gasteiger partial charge < -0.3 is 25.4 Å². The molecule has 2 heterocycles. The molecule has 2 amide bonds. The Morgan fingerprint density at radius 3 is 2.48 bits per heavy atom. The molecular weight excluding hydrogens is 583 g/mol. The number of benzene rings is 3. The number of fused-ring (bicyclic) bond motifs is 3. The Bertz CT molecular complexity index is 1690. The molecule has 0 fully saturated rings. The van der Waals surface area contributed by atoms with E-state index in [4.69, 9.17) is 21.3 Å². The lowest BCUT2D eigenvalue weighted by molar-refractivity contribution is -0.121. The van der Waals surface area contributed by atoms with Gasteiger partial charge >= 0.3 is 7.12 Å². The SMILES string of the molecule is COc1ccc2c(c1)C(c1ccc(Cl)cc1)=NC(CC(=O)NCCCCNC(=O)c1cccc(B(O)O)c1)c1nnc(C)n1-2. The van der Waals surface area contributed by atoms with Gasteiger partial charge in [-0.15, -0.1) is 10.2 Å². The van der Waals surface area contributed by atoms with E-state index in [1.165, 1.54) is 12.1 Å². The summed E-state index contributed by atoms with van der Waals surface area (Å²) >= 11 is 6.17. The summed E-state index contributed by atoms with van der Waals surface area (Å²) < 4.78 is 7.44. The first kappa shape index (κ1) is 30.9. The van der Waals surface area contributed by atoms with Crippen LogP contribution in [0.15, 0.2) is 71.7 Å². The van der Waals surface area contributed by atoms with Crippen LogP contribution in [-0.4, -0.2) is 69.7 Å². The van der Waals surface area contributed by atoms with Crippen molar-refractivity contribution >= 4 is 41.7 Å². The predicted octanol–water partition coefficient (Wildman–Crippen LogP) is 2.53. The molecule has 0 bridgehead atoms. The molecule has 1 atom stereocenters. The fourth-order valence-electron chi connectivity index (χ4n) is 5.05. The number of methoxy groups -OCH3 is 1. The van der Waals surface area contributed by atoms with E-state index >= 15 is 0 Å². The van der Waals surface area contributed by atoms with Crippen LogP contribution < -0.4 is 20.8 Å².